The minimum atomic E-state index is 0.675. The fourth-order valence-electron chi connectivity index (χ4n) is 3.50. The van der Waals surface area contributed by atoms with Crippen molar-refractivity contribution in [3.05, 3.63) is 24.3 Å². The van der Waals surface area contributed by atoms with Crippen LogP contribution in [0.3, 0.4) is 0 Å². The second kappa shape index (κ2) is 6.02. The number of nitrogens with zero attached hydrogens (tertiary/aromatic N) is 1. The van der Waals surface area contributed by atoms with Crippen LogP contribution in [0.25, 0.3) is 0 Å². The van der Waals surface area contributed by atoms with Gasteiger partial charge in [-0.15, -0.1) is 0 Å². The van der Waals surface area contributed by atoms with Gasteiger partial charge in [0.1, 0.15) is 18.1 Å². The molecule has 0 amide bonds. The van der Waals surface area contributed by atoms with Crippen molar-refractivity contribution in [3.63, 3.8) is 0 Å². The van der Waals surface area contributed by atoms with E-state index in [2.05, 4.69) is 17.1 Å². The van der Waals surface area contributed by atoms with Crippen molar-refractivity contribution in [2.45, 2.75) is 13.0 Å². The van der Waals surface area contributed by atoms with Gasteiger partial charge in [0.05, 0.1) is 7.11 Å². The van der Waals surface area contributed by atoms with Crippen LogP contribution in [0.2, 0.25) is 0 Å². The summed E-state index contributed by atoms with van der Waals surface area (Å²) < 4.78 is 11.0. The van der Waals surface area contributed by atoms with E-state index in [0.29, 0.717) is 6.04 Å². The third-order valence-electron chi connectivity index (χ3n) is 4.76. The first-order chi connectivity index (χ1) is 9.78. The minimum absolute atomic E-state index is 0.675. The zero-order chi connectivity index (χ0) is 13.9. The highest BCUT2D eigenvalue weighted by molar-refractivity contribution is 5.31. The van der Waals surface area contributed by atoms with E-state index >= 15 is 0 Å². The lowest BCUT2D eigenvalue weighted by molar-refractivity contribution is 0.189. The lowest BCUT2D eigenvalue weighted by atomic mass is 9.95. The van der Waals surface area contributed by atoms with E-state index < -0.39 is 0 Å². The normalized spacial score (nSPS) is 29.4. The van der Waals surface area contributed by atoms with Gasteiger partial charge in [-0.2, -0.15) is 0 Å². The van der Waals surface area contributed by atoms with E-state index in [1.165, 1.54) is 19.6 Å². The molecule has 0 radical (unpaired) electrons. The highest BCUT2D eigenvalue weighted by atomic mass is 16.5. The zero-order valence-corrected chi connectivity index (χ0v) is 12.3. The molecule has 2 saturated heterocycles. The van der Waals surface area contributed by atoms with Gasteiger partial charge >= 0.3 is 0 Å². The van der Waals surface area contributed by atoms with Crippen LogP contribution < -0.4 is 14.8 Å². The first-order valence-corrected chi connectivity index (χ1v) is 7.49. The molecule has 0 saturated carbocycles. The highest BCUT2D eigenvalue weighted by Crippen LogP contribution is 2.31. The van der Waals surface area contributed by atoms with Crippen molar-refractivity contribution in [1.29, 1.82) is 0 Å². The minimum Gasteiger partial charge on any atom is -0.497 e. The Morgan fingerprint density at radius 2 is 1.95 bits per heavy atom. The van der Waals surface area contributed by atoms with E-state index in [-0.39, 0.29) is 0 Å². The topological polar surface area (TPSA) is 33.7 Å². The van der Waals surface area contributed by atoms with Crippen molar-refractivity contribution >= 4 is 0 Å². The SMILES string of the molecule is COc1ccc(OCCN2CC3CNCC3C2C)cc1. The first kappa shape index (κ1) is 13.7. The maximum atomic E-state index is 5.83. The third kappa shape index (κ3) is 2.76. The van der Waals surface area contributed by atoms with Gasteiger partial charge in [0.15, 0.2) is 0 Å². The number of rotatable bonds is 5. The third-order valence-corrected chi connectivity index (χ3v) is 4.76. The summed E-state index contributed by atoms with van der Waals surface area (Å²) >= 11 is 0. The molecule has 20 heavy (non-hydrogen) atoms. The molecule has 2 aliphatic heterocycles. The van der Waals surface area contributed by atoms with Crippen molar-refractivity contribution in [3.8, 4) is 11.5 Å². The van der Waals surface area contributed by atoms with Gasteiger partial charge in [-0.05, 0) is 56.1 Å². The second-order valence-corrected chi connectivity index (χ2v) is 5.84. The monoisotopic (exact) mass is 276 g/mol. The number of nitrogens with one attached hydrogen (secondary N) is 1. The van der Waals surface area contributed by atoms with Crippen molar-refractivity contribution in [2.24, 2.45) is 11.8 Å². The van der Waals surface area contributed by atoms with E-state index in [1.807, 2.05) is 24.3 Å². The standard InChI is InChI=1S/C16H24N2O2/c1-12-16-10-17-9-13(16)11-18(12)7-8-20-15-5-3-14(19-2)4-6-15/h3-6,12-13,16-17H,7-11H2,1-2H3. The molecule has 2 heterocycles. The van der Waals surface area contributed by atoms with Crippen LogP contribution in [0, 0.1) is 11.8 Å². The maximum absolute atomic E-state index is 5.83. The number of likely N-dealkylation sites (tertiary alicyclic amines) is 1. The van der Waals surface area contributed by atoms with Crippen LogP contribution in [0.15, 0.2) is 24.3 Å². The van der Waals surface area contributed by atoms with Gasteiger partial charge in [0.25, 0.3) is 0 Å². The Hall–Kier alpha value is -1.26. The molecule has 1 N–H and O–H groups in total. The Bertz CT molecular complexity index is 435. The maximum Gasteiger partial charge on any atom is 0.119 e. The van der Waals surface area contributed by atoms with E-state index in [9.17, 15) is 0 Å². The predicted octanol–water partition coefficient (Wildman–Crippen LogP) is 1.61. The highest BCUT2D eigenvalue weighted by Gasteiger charge is 2.41. The molecule has 3 rings (SSSR count). The lowest BCUT2D eigenvalue weighted by Gasteiger charge is -2.24. The fourth-order valence-corrected chi connectivity index (χ4v) is 3.50. The Morgan fingerprint density at radius 1 is 1.20 bits per heavy atom. The van der Waals surface area contributed by atoms with Gasteiger partial charge in [-0.1, -0.05) is 0 Å². The van der Waals surface area contributed by atoms with Gasteiger partial charge in [0.2, 0.25) is 0 Å². The summed E-state index contributed by atoms with van der Waals surface area (Å²) in [5.41, 5.74) is 0. The molecule has 0 spiro atoms. The van der Waals surface area contributed by atoms with Crippen LogP contribution in [0.1, 0.15) is 6.92 Å². The zero-order valence-electron chi connectivity index (χ0n) is 12.3. The molecule has 0 aliphatic carbocycles. The molecule has 0 bridgehead atoms. The summed E-state index contributed by atoms with van der Waals surface area (Å²) in [6, 6.07) is 8.47. The molecule has 3 unspecified atom stereocenters. The lowest BCUT2D eigenvalue weighted by Crippen LogP contribution is -2.36. The van der Waals surface area contributed by atoms with Crippen LogP contribution in [-0.2, 0) is 0 Å². The average Bonchev–Trinajstić information content (AvgIpc) is 3.04. The van der Waals surface area contributed by atoms with Crippen LogP contribution in [0.4, 0.5) is 0 Å². The summed E-state index contributed by atoms with van der Waals surface area (Å²) in [5.74, 6) is 3.45. The molecular weight excluding hydrogens is 252 g/mol. The number of hydrogen-bond acceptors (Lipinski definition) is 4. The number of benzene rings is 1. The number of fused-ring (bicyclic) bond motifs is 1. The average molecular weight is 276 g/mol. The summed E-state index contributed by atoms with van der Waals surface area (Å²) in [5, 5.41) is 3.50. The Labute approximate surface area is 121 Å². The first-order valence-electron chi connectivity index (χ1n) is 7.49. The van der Waals surface area contributed by atoms with E-state index in [1.54, 1.807) is 7.11 Å². The quantitative estimate of drug-likeness (QED) is 0.886. The molecule has 1 aromatic carbocycles. The number of ether oxygens (including phenoxy) is 2. The van der Waals surface area contributed by atoms with Gasteiger partial charge in [0, 0.05) is 19.1 Å². The molecule has 4 heteroatoms. The van der Waals surface area contributed by atoms with Crippen LogP contribution in [-0.4, -0.2) is 50.8 Å². The molecule has 0 aromatic heterocycles. The molecule has 4 nitrogen and oxygen atoms in total. The number of hydrogen-bond donors (Lipinski definition) is 1. The smallest absolute Gasteiger partial charge is 0.119 e. The van der Waals surface area contributed by atoms with E-state index in [4.69, 9.17) is 9.47 Å². The summed E-state index contributed by atoms with van der Waals surface area (Å²) in [4.78, 5) is 2.57. The van der Waals surface area contributed by atoms with Crippen molar-refractivity contribution in [1.82, 2.24) is 10.2 Å². The molecule has 1 aromatic rings. The van der Waals surface area contributed by atoms with Crippen LogP contribution in [0.5, 0.6) is 11.5 Å². The van der Waals surface area contributed by atoms with Gasteiger partial charge in [-0.25, -0.2) is 0 Å². The summed E-state index contributed by atoms with van der Waals surface area (Å²) in [6.07, 6.45) is 0. The number of methoxy groups -OCH3 is 1. The Balaban J connectivity index is 1.45. The van der Waals surface area contributed by atoms with E-state index in [0.717, 1.165) is 36.5 Å². The summed E-state index contributed by atoms with van der Waals surface area (Å²) in [6.45, 7) is 7.70. The van der Waals surface area contributed by atoms with Crippen molar-refractivity contribution in [2.75, 3.05) is 39.9 Å². The van der Waals surface area contributed by atoms with Gasteiger partial charge < -0.3 is 14.8 Å². The molecule has 110 valence electrons. The second-order valence-electron chi connectivity index (χ2n) is 5.84. The fraction of sp³-hybridized carbons (Fsp3) is 0.625. The largest absolute Gasteiger partial charge is 0.497 e. The summed E-state index contributed by atoms with van der Waals surface area (Å²) in [7, 11) is 1.68. The van der Waals surface area contributed by atoms with Crippen LogP contribution >= 0.6 is 0 Å². The van der Waals surface area contributed by atoms with Crippen molar-refractivity contribution < 1.29 is 9.47 Å². The molecular formula is C16H24N2O2. The molecule has 2 fully saturated rings. The Kier molecular flexibility index (Phi) is 4.13. The Morgan fingerprint density at radius 3 is 2.65 bits per heavy atom. The molecule has 3 atom stereocenters. The molecule has 2 aliphatic rings. The van der Waals surface area contributed by atoms with Gasteiger partial charge in [-0.3, -0.25) is 4.90 Å². The predicted molar refractivity (Wildman–Crippen MR) is 79.4 cm³/mol.